The lowest BCUT2D eigenvalue weighted by Crippen LogP contribution is -2.59. The van der Waals surface area contributed by atoms with Crippen LogP contribution in [0.2, 0.25) is 0 Å². The summed E-state index contributed by atoms with van der Waals surface area (Å²) in [6.07, 6.45) is 2.06. The number of ether oxygens (including phenoxy) is 1. The molecular formula is C17H20N2O3. The van der Waals surface area contributed by atoms with Crippen LogP contribution in [0.3, 0.4) is 0 Å². The van der Waals surface area contributed by atoms with Crippen molar-refractivity contribution in [1.82, 2.24) is 9.80 Å². The molecular weight excluding hydrogens is 280 g/mol. The van der Waals surface area contributed by atoms with Crippen molar-refractivity contribution in [3.8, 4) is 0 Å². The molecule has 3 atom stereocenters. The fourth-order valence-electron chi connectivity index (χ4n) is 3.50. The van der Waals surface area contributed by atoms with Crippen LogP contribution in [0.4, 0.5) is 4.79 Å². The van der Waals surface area contributed by atoms with Crippen LogP contribution in [0, 0.1) is 5.92 Å². The fourth-order valence-corrected chi connectivity index (χ4v) is 3.50. The number of methoxy groups -OCH3 is 1. The van der Waals surface area contributed by atoms with Crippen LogP contribution in [0.5, 0.6) is 0 Å². The van der Waals surface area contributed by atoms with E-state index in [0.29, 0.717) is 19.5 Å². The van der Waals surface area contributed by atoms with Gasteiger partial charge in [0, 0.05) is 19.0 Å². The van der Waals surface area contributed by atoms with Crippen molar-refractivity contribution in [1.29, 1.82) is 0 Å². The number of hydrogen-bond acceptors (Lipinski definition) is 3. The van der Waals surface area contributed by atoms with E-state index in [1.807, 2.05) is 41.3 Å². The monoisotopic (exact) mass is 300 g/mol. The van der Waals surface area contributed by atoms with Crippen LogP contribution < -0.4 is 0 Å². The topological polar surface area (TPSA) is 49.9 Å². The van der Waals surface area contributed by atoms with Gasteiger partial charge in [0.25, 0.3) is 0 Å². The Morgan fingerprint density at radius 2 is 2.14 bits per heavy atom. The number of hydrogen-bond donors (Lipinski definition) is 0. The van der Waals surface area contributed by atoms with Gasteiger partial charge in [-0.1, -0.05) is 36.4 Å². The number of carbonyl (C=O) groups excluding carboxylic acids is 2. The number of piperazine rings is 1. The molecule has 0 aromatic heterocycles. The van der Waals surface area contributed by atoms with E-state index >= 15 is 0 Å². The van der Waals surface area contributed by atoms with Gasteiger partial charge in [-0.2, -0.15) is 0 Å². The minimum absolute atomic E-state index is 0.00477. The van der Waals surface area contributed by atoms with E-state index in [1.54, 1.807) is 4.90 Å². The van der Waals surface area contributed by atoms with E-state index < -0.39 is 12.1 Å². The number of likely N-dealkylation sites (tertiary alicyclic amines) is 1. The third-order valence-electron chi connectivity index (χ3n) is 4.59. The third kappa shape index (κ3) is 2.36. The zero-order valence-corrected chi connectivity index (χ0v) is 12.6. The Morgan fingerprint density at radius 3 is 2.77 bits per heavy atom. The number of carbonyl (C=O) groups is 2. The van der Waals surface area contributed by atoms with E-state index in [0.717, 1.165) is 5.56 Å². The summed E-state index contributed by atoms with van der Waals surface area (Å²) in [6, 6.07) is 9.42. The molecule has 1 aromatic rings. The van der Waals surface area contributed by atoms with Gasteiger partial charge in [-0.15, -0.1) is 6.58 Å². The van der Waals surface area contributed by atoms with Gasteiger partial charge in [0.05, 0.1) is 13.2 Å². The summed E-state index contributed by atoms with van der Waals surface area (Å²) in [5.74, 6) is 0.128. The zero-order chi connectivity index (χ0) is 15.7. The van der Waals surface area contributed by atoms with Crippen LogP contribution in [-0.2, 0) is 16.1 Å². The Morgan fingerprint density at radius 1 is 1.41 bits per heavy atom. The van der Waals surface area contributed by atoms with Gasteiger partial charge in [-0.3, -0.25) is 9.69 Å². The van der Waals surface area contributed by atoms with E-state index in [1.165, 1.54) is 7.11 Å². The van der Waals surface area contributed by atoms with Crippen LogP contribution in [0.1, 0.15) is 12.0 Å². The lowest BCUT2D eigenvalue weighted by molar-refractivity contribution is -0.141. The van der Waals surface area contributed by atoms with Crippen LogP contribution in [-0.4, -0.2) is 47.5 Å². The maximum Gasteiger partial charge on any atom is 0.410 e. The molecule has 0 saturated carbocycles. The number of nitrogens with zero attached hydrogens (tertiary/aromatic N) is 2. The normalized spacial score (nSPS) is 27.0. The quantitative estimate of drug-likeness (QED) is 0.803. The molecule has 22 heavy (non-hydrogen) atoms. The SMILES string of the molecule is C=C[C@@H]1C[C@@H]2C(=O)N(Cc3ccccc3)C[C@H]1N2C(=O)OC. The lowest BCUT2D eigenvalue weighted by Gasteiger charge is -2.40. The highest BCUT2D eigenvalue weighted by molar-refractivity contribution is 5.88. The Labute approximate surface area is 130 Å². The van der Waals surface area contributed by atoms with Gasteiger partial charge in [0.1, 0.15) is 6.04 Å². The second-order valence-electron chi connectivity index (χ2n) is 5.80. The Balaban J connectivity index is 1.83. The molecule has 5 heteroatoms. The summed E-state index contributed by atoms with van der Waals surface area (Å²) in [5.41, 5.74) is 1.09. The molecule has 0 radical (unpaired) electrons. The number of benzene rings is 1. The summed E-state index contributed by atoms with van der Waals surface area (Å²) < 4.78 is 4.85. The molecule has 0 N–H and O–H groups in total. The number of rotatable bonds is 3. The predicted octanol–water partition coefficient (Wildman–Crippen LogP) is 2.04. The van der Waals surface area contributed by atoms with Crippen molar-refractivity contribution in [2.24, 2.45) is 5.92 Å². The van der Waals surface area contributed by atoms with Crippen LogP contribution in [0.25, 0.3) is 0 Å². The predicted molar refractivity (Wildman–Crippen MR) is 82.0 cm³/mol. The Hall–Kier alpha value is -2.30. The van der Waals surface area contributed by atoms with Gasteiger partial charge in [-0.05, 0) is 12.0 Å². The summed E-state index contributed by atoms with van der Waals surface area (Å²) in [6.45, 7) is 4.95. The maximum absolute atomic E-state index is 12.7. The van der Waals surface area contributed by atoms with Crippen molar-refractivity contribution >= 4 is 12.0 Å². The summed E-state index contributed by atoms with van der Waals surface area (Å²) in [4.78, 5) is 28.2. The van der Waals surface area contributed by atoms with Crippen molar-refractivity contribution in [2.75, 3.05) is 13.7 Å². The first-order chi connectivity index (χ1) is 10.7. The second-order valence-corrected chi connectivity index (χ2v) is 5.80. The molecule has 2 aliphatic heterocycles. The molecule has 1 aromatic carbocycles. The van der Waals surface area contributed by atoms with Gasteiger partial charge >= 0.3 is 6.09 Å². The largest absolute Gasteiger partial charge is 0.453 e. The average Bonchev–Trinajstić information content (AvgIpc) is 2.85. The second kappa shape index (κ2) is 5.83. The first-order valence-corrected chi connectivity index (χ1v) is 7.47. The summed E-state index contributed by atoms with van der Waals surface area (Å²) >= 11 is 0. The molecule has 0 unspecified atom stereocenters. The molecule has 2 amide bonds. The van der Waals surface area contributed by atoms with Gasteiger partial charge < -0.3 is 9.64 Å². The van der Waals surface area contributed by atoms with Crippen LogP contribution >= 0.6 is 0 Å². The van der Waals surface area contributed by atoms with Crippen molar-refractivity contribution in [3.63, 3.8) is 0 Å². The van der Waals surface area contributed by atoms with Gasteiger partial charge in [0.2, 0.25) is 5.91 Å². The lowest BCUT2D eigenvalue weighted by atomic mass is 10.0. The highest BCUT2D eigenvalue weighted by atomic mass is 16.5. The first kappa shape index (κ1) is 14.6. The van der Waals surface area contributed by atoms with Crippen molar-refractivity contribution in [2.45, 2.75) is 25.0 Å². The molecule has 3 rings (SSSR count). The van der Waals surface area contributed by atoms with Gasteiger partial charge in [0.15, 0.2) is 0 Å². The molecule has 116 valence electrons. The smallest absolute Gasteiger partial charge is 0.410 e. The number of fused-ring (bicyclic) bond motifs is 2. The fraction of sp³-hybridized carbons (Fsp3) is 0.412. The molecule has 5 nitrogen and oxygen atoms in total. The van der Waals surface area contributed by atoms with Crippen LogP contribution in [0.15, 0.2) is 43.0 Å². The highest BCUT2D eigenvalue weighted by Gasteiger charge is 2.52. The first-order valence-electron chi connectivity index (χ1n) is 7.47. The van der Waals surface area contributed by atoms with Gasteiger partial charge in [-0.25, -0.2) is 4.79 Å². The molecule has 2 aliphatic rings. The minimum Gasteiger partial charge on any atom is -0.453 e. The molecule has 2 heterocycles. The summed E-state index contributed by atoms with van der Waals surface area (Å²) in [5, 5.41) is 0. The van der Waals surface area contributed by atoms with E-state index in [9.17, 15) is 9.59 Å². The molecule has 0 aliphatic carbocycles. The third-order valence-corrected chi connectivity index (χ3v) is 4.59. The van der Waals surface area contributed by atoms with E-state index in [-0.39, 0.29) is 17.9 Å². The minimum atomic E-state index is -0.432. The molecule has 2 bridgehead atoms. The zero-order valence-electron chi connectivity index (χ0n) is 12.6. The molecule has 2 saturated heterocycles. The average molecular weight is 300 g/mol. The standard InChI is InChI=1S/C17H20N2O3/c1-3-13-9-14-16(20)18(10-12-7-5-4-6-8-12)11-15(13)19(14)17(21)22-2/h3-8,13-15H,1,9-11H2,2H3/t13-,14-,15-/m1/s1. The maximum atomic E-state index is 12.7. The molecule has 0 spiro atoms. The van der Waals surface area contributed by atoms with Crippen molar-refractivity contribution in [3.05, 3.63) is 48.6 Å². The van der Waals surface area contributed by atoms with Crippen molar-refractivity contribution < 1.29 is 14.3 Å². The van der Waals surface area contributed by atoms with E-state index in [4.69, 9.17) is 4.74 Å². The number of amides is 2. The van der Waals surface area contributed by atoms with E-state index in [2.05, 4.69) is 6.58 Å². The highest BCUT2D eigenvalue weighted by Crippen LogP contribution is 2.37. The molecule has 2 fully saturated rings. The Kier molecular flexibility index (Phi) is 3.88. The summed E-state index contributed by atoms with van der Waals surface area (Å²) in [7, 11) is 1.35. The Bertz CT molecular complexity index is 587.